The lowest BCUT2D eigenvalue weighted by atomic mass is 9.91. The van der Waals surface area contributed by atoms with Gasteiger partial charge >= 0.3 is 5.97 Å². The van der Waals surface area contributed by atoms with Gasteiger partial charge in [-0.05, 0) is 19.4 Å². The van der Waals surface area contributed by atoms with E-state index in [-0.39, 0.29) is 11.8 Å². The van der Waals surface area contributed by atoms with Gasteiger partial charge in [-0.2, -0.15) is 0 Å². The topological polar surface area (TPSA) is 66.8 Å². The van der Waals surface area contributed by atoms with Crippen LogP contribution >= 0.6 is 0 Å². The monoisotopic (exact) mass is 263 g/mol. The molecule has 0 bridgehead atoms. The number of fused-ring (bicyclic) bond motifs is 1. The molecule has 0 aromatic heterocycles. The average Bonchev–Trinajstić information content (AvgIpc) is 2.44. The smallest absolute Gasteiger partial charge is 0.326 e. The highest BCUT2D eigenvalue weighted by Gasteiger charge is 2.32. The number of rotatable bonds is 3. The first-order valence-corrected chi connectivity index (χ1v) is 6.23. The zero-order chi connectivity index (χ0) is 14.0. The normalized spacial score (nSPS) is 18.9. The van der Waals surface area contributed by atoms with Crippen LogP contribution in [0.5, 0.6) is 5.75 Å². The van der Waals surface area contributed by atoms with Gasteiger partial charge in [0.1, 0.15) is 11.8 Å². The van der Waals surface area contributed by atoms with Crippen LogP contribution in [0, 0.1) is 0 Å². The Kier molecular flexibility index (Phi) is 3.74. The van der Waals surface area contributed by atoms with Gasteiger partial charge in [0.2, 0.25) is 5.91 Å². The van der Waals surface area contributed by atoms with Gasteiger partial charge in [0.15, 0.2) is 0 Å². The summed E-state index contributed by atoms with van der Waals surface area (Å²) in [5.74, 6) is -0.790. The predicted octanol–water partition coefficient (Wildman–Crippen LogP) is 1.48. The summed E-state index contributed by atoms with van der Waals surface area (Å²) in [4.78, 5) is 24.7. The molecule has 0 fully saturated rings. The van der Waals surface area contributed by atoms with Crippen molar-refractivity contribution in [2.75, 3.05) is 13.7 Å². The third-order valence-corrected chi connectivity index (χ3v) is 3.54. The molecular formula is C14H17NO4. The van der Waals surface area contributed by atoms with Crippen molar-refractivity contribution in [2.45, 2.75) is 25.3 Å². The Balaban J connectivity index is 2.24. The van der Waals surface area contributed by atoms with Gasteiger partial charge in [-0.15, -0.1) is 0 Å². The van der Waals surface area contributed by atoms with E-state index in [9.17, 15) is 9.59 Å². The number of carbonyl (C=O) groups excluding carboxylic acids is 1. The lowest BCUT2D eigenvalue weighted by Gasteiger charge is -2.30. The standard InChI is InChI=1S/C14H17NO4/c1-9(14(17)18)15(2)13(16)11-7-8-19-12-6-4-3-5-10(11)12/h3-6,9,11H,7-8H2,1-2H3,(H,17,18)/t9-,11+/m0/s1. The molecule has 0 aliphatic carbocycles. The molecule has 0 radical (unpaired) electrons. The van der Waals surface area contributed by atoms with Crippen LogP contribution in [0.25, 0.3) is 0 Å². The molecule has 0 saturated carbocycles. The van der Waals surface area contributed by atoms with Crippen molar-refractivity contribution < 1.29 is 19.4 Å². The number of carboxylic acid groups (broad SMARTS) is 1. The highest BCUT2D eigenvalue weighted by atomic mass is 16.5. The summed E-state index contributed by atoms with van der Waals surface area (Å²) in [5, 5.41) is 8.98. The van der Waals surface area contributed by atoms with Crippen molar-refractivity contribution >= 4 is 11.9 Å². The summed E-state index contributed by atoms with van der Waals surface area (Å²) < 4.78 is 5.50. The van der Waals surface area contributed by atoms with Crippen LogP contribution in [0.3, 0.4) is 0 Å². The van der Waals surface area contributed by atoms with E-state index in [0.29, 0.717) is 18.8 Å². The van der Waals surface area contributed by atoms with Gasteiger partial charge < -0.3 is 14.7 Å². The van der Waals surface area contributed by atoms with Crippen molar-refractivity contribution in [3.05, 3.63) is 29.8 Å². The lowest BCUT2D eigenvalue weighted by molar-refractivity contribution is -0.149. The Hall–Kier alpha value is -2.04. The molecule has 2 rings (SSSR count). The van der Waals surface area contributed by atoms with Gasteiger partial charge in [0.05, 0.1) is 12.5 Å². The molecule has 2 atom stereocenters. The highest BCUT2D eigenvalue weighted by molar-refractivity contribution is 5.88. The fraction of sp³-hybridized carbons (Fsp3) is 0.429. The zero-order valence-electron chi connectivity index (χ0n) is 11.0. The van der Waals surface area contributed by atoms with E-state index in [1.807, 2.05) is 24.3 Å². The minimum Gasteiger partial charge on any atom is -0.493 e. The maximum absolute atomic E-state index is 12.4. The molecule has 0 unspecified atom stereocenters. The maximum atomic E-state index is 12.4. The molecule has 1 aromatic rings. The summed E-state index contributed by atoms with van der Waals surface area (Å²) >= 11 is 0. The number of nitrogens with zero attached hydrogens (tertiary/aromatic N) is 1. The second-order valence-electron chi connectivity index (χ2n) is 4.69. The van der Waals surface area contributed by atoms with Gasteiger partial charge in [-0.1, -0.05) is 18.2 Å². The van der Waals surface area contributed by atoms with E-state index in [1.54, 1.807) is 0 Å². The third-order valence-electron chi connectivity index (χ3n) is 3.54. The Morgan fingerprint density at radius 3 is 2.79 bits per heavy atom. The van der Waals surface area contributed by atoms with Crippen LogP contribution in [-0.2, 0) is 9.59 Å². The SMILES string of the molecule is C[C@@H](C(=O)O)N(C)C(=O)[C@@H]1CCOc2ccccc21. The van der Waals surface area contributed by atoms with E-state index in [1.165, 1.54) is 18.9 Å². The summed E-state index contributed by atoms with van der Waals surface area (Å²) in [6.45, 7) is 1.98. The van der Waals surface area contributed by atoms with Crippen LogP contribution < -0.4 is 4.74 Å². The number of hydrogen-bond donors (Lipinski definition) is 1. The molecule has 1 amide bonds. The van der Waals surface area contributed by atoms with Crippen LogP contribution in [0.15, 0.2) is 24.3 Å². The minimum absolute atomic E-state index is 0.175. The Labute approximate surface area is 111 Å². The quantitative estimate of drug-likeness (QED) is 0.897. The summed E-state index contributed by atoms with van der Waals surface area (Å²) in [6.07, 6.45) is 0.576. The summed E-state index contributed by atoms with van der Waals surface area (Å²) in [5.41, 5.74) is 0.836. The van der Waals surface area contributed by atoms with Crippen LogP contribution in [0.1, 0.15) is 24.8 Å². The third kappa shape index (κ3) is 2.54. The molecule has 102 valence electrons. The number of hydrogen-bond acceptors (Lipinski definition) is 3. The molecule has 0 spiro atoms. The Morgan fingerprint density at radius 2 is 2.11 bits per heavy atom. The molecule has 1 aliphatic heterocycles. The second kappa shape index (κ2) is 5.30. The average molecular weight is 263 g/mol. The number of carbonyl (C=O) groups is 2. The van der Waals surface area contributed by atoms with Crippen molar-refractivity contribution in [3.8, 4) is 5.75 Å². The number of para-hydroxylation sites is 1. The van der Waals surface area contributed by atoms with Gasteiger partial charge in [-0.25, -0.2) is 4.79 Å². The van der Waals surface area contributed by atoms with Crippen molar-refractivity contribution in [3.63, 3.8) is 0 Å². The molecule has 1 aromatic carbocycles. The Morgan fingerprint density at radius 1 is 1.42 bits per heavy atom. The lowest BCUT2D eigenvalue weighted by Crippen LogP contribution is -2.43. The van der Waals surface area contributed by atoms with E-state index in [2.05, 4.69) is 0 Å². The van der Waals surface area contributed by atoms with Crippen LogP contribution in [0.4, 0.5) is 0 Å². The molecular weight excluding hydrogens is 246 g/mol. The first kappa shape index (κ1) is 13.4. The second-order valence-corrected chi connectivity index (χ2v) is 4.69. The molecule has 1 N–H and O–H groups in total. The van der Waals surface area contributed by atoms with Crippen molar-refractivity contribution in [1.82, 2.24) is 4.90 Å². The van der Waals surface area contributed by atoms with E-state index in [4.69, 9.17) is 9.84 Å². The van der Waals surface area contributed by atoms with Crippen LogP contribution in [0.2, 0.25) is 0 Å². The molecule has 5 heteroatoms. The zero-order valence-corrected chi connectivity index (χ0v) is 11.0. The van der Waals surface area contributed by atoms with E-state index < -0.39 is 12.0 Å². The predicted molar refractivity (Wildman–Crippen MR) is 69.2 cm³/mol. The number of ether oxygens (including phenoxy) is 1. The van der Waals surface area contributed by atoms with Gasteiger partial charge in [0, 0.05) is 12.6 Å². The van der Waals surface area contributed by atoms with E-state index in [0.717, 1.165) is 5.56 Å². The van der Waals surface area contributed by atoms with Gasteiger partial charge in [0.25, 0.3) is 0 Å². The molecule has 0 saturated heterocycles. The fourth-order valence-electron chi connectivity index (χ4n) is 2.20. The minimum atomic E-state index is -1.00. The maximum Gasteiger partial charge on any atom is 0.326 e. The number of likely N-dealkylation sites (N-methyl/N-ethyl adjacent to an activating group) is 1. The number of amides is 1. The Bertz CT molecular complexity index is 500. The van der Waals surface area contributed by atoms with Crippen molar-refractivity contribution in [1.29, 1.82) is 0 Å². The van der Waals surface area contributed by atoms with Crippen LogP contribution in [-0.4, -0.2) is 41.6 Å². The highest BCUT2D eigenvalue weighted by Crippen LogP contribution is 2.34. The first-order chi connectivity index (χ1) is 9.02. The largest absolute Gasteiger partial charge is 0.493 e. The summed E-state index contributed by atoms with van der Waals surface area (Å²) in [6, 6.07) is 6.57. The molecule has 1 heterocycles. The fourth-order valence-corrected chi connectivity index (χ4v) is 2.20. The number of benzene rings is 1. The molecule has 1 aliphatic rings. The first-order valence-electron chi connectivity index (χ1n) is 6.23. The molecule has 5 nitrogen and oxygen atoms in total. The number of aliphatic carboxylic acids is 1. The number of carboxylic acids is 1. The molecule has 19 heavy (non-hydrogen) atoms. The summed E-state index contributed by atoms with van der Waals surface area (Å²) in [7, 11) is 1.53. The van der Waals surface area contributed by atoms with Gasteiger partial charge in [-0.3, -0.25) is 4.79 Å². The van der Waals surface area contributed by atoms with Crippen molar-refractivity contribution in [2.24, 2.45) is 0 Å². The van der Waals surface area contributed by atoms with E-state index >= 15 is 0 Å².